The third-order valence-electron chi connectivity index (χ3n) is 3.49. The molecule has 2 aromatic rings. The SMILES string of the molecule is CC[C@@H](N=Cc1cccc(OC)c1O)c1ccc(C)cc1. The summed E-state index contributed by atoms with van der Waals surface area (Å²) in [5.41, 5.74) is 3.09. The van der Waals surface area contributed by atoms with Crippen LogP contribution in [0.3, 0.4) is 0 Å². The molecule has 0 aromatic heterocycles. The van der Waals surface area contributed by atoms with E-state index in [1.54, 1.807) is 12.3 Å². The fraction of sp³-hybridized carbons (Fsp3) is 0.278. The van der Waals surface area contributed by atoms with Crippen LogP contribution in [0.25, 0.3) is 0 Å². The van der Waals surface area contributed by atoms with Crippen molar-refractivity contribution in [1.29, 1.82) is 0 Å². The second kappa shape index (κ2) is 6.93. The summed E-state index contributed by atoms with van der Waals surface area (Å²) in [4.78, 5) is 4.61. The molecule has 0 heterocycles. The molecule has 0 saturated heterocycles. The van der Waals surface area contributed by atoms with Gasteiger partial charge >= 0.3 is 0 Å². The molecule has 0 amide bonds. The van der Waals surface area contributed by atoms with E-state index in [2.05, 4.69) is 43.1 Å². The first-order valence-corrected chi connectivity index (χ1v) is 7.11. The molecule has 110 valence electrons. The Morgan fingerprint density at radius 3 is 2.52 bits per heavy atom. The van der Waals surface area contributed by atoms with E-state index in [9.17, 15) is 5.11 Å². The maximum absolute atomic E-state index is 10.1. The molecule has 2 rings (SSSR count). The Morgan fingerprint density at radius 1 is 1.19 bits per heavy atom. The van der Waals surface area contributed by atoms with Crippen LogP contribution >= 0.6 is 0 Å². The number of para-hydroxylation sites is 1. The van der Waals surface area contributed by atoms with Gasteiger partial charge in [-0.15, -0.1) is 0 Å². The zero-order valence-corrected chi connectivity index (χ0v) is 12.7. The number of phenols is 1. The highest BCUT2D eigenvalue weighted by Crippen LogP contribution is 2.29. The molecule has 1 atom stereocenters. The summed E-state index contributed by atoms with van der Waals surface area (Å²) >= 11 is 0. The van der Waals surface area contributed by atoms with Gasteiger partial charge in [0.15, 0.2) is 11.5 Å². The van der Waals surface area contributed by atoms with Gasteiger partial charge in [-0.2, -0.15) is 0 Å². The van der Waals surface area contributed by atoms with Crippen LogP contribution in [0.2, 0.25) is 0 Å². The second-order valence-electron chi connectivity index (χ2n) is 5.01. The molecule has 0 aliphatic heterocycles. The predicted molar refractivity (Wildman–Crippen MR) is 86.5 cm³/mol. The molecular formula is C18H21NO2. The molecule has 0 unspecified atom stereocenters. The first-order valence-electron chi connectivity index (χ1n) is 7.11. The average Bonchev–Trinajstić information content (AvgIpc) is 2.51. The van der Waals surface area contributed by atoms with Crippen molar-refractivity contribution in [2.75, 3.05) is 7.11 Å². The fourth-order valence-corrected chi connectivity index (χ4v) is 2.19. The Labute approximate surface area is 125 Å². The van der Waals surface area contributed by atoms with Crippen molar-refractivity contribution >= 4 is 6.21 Å². The molecule has 0 fully saturated rings. The number of benzene rings is 2. The number of nitrogens with zero attached hydrogens (tertiary/aromatic N) is 1. The minimum atomic E-state index is 0.0937. The Morgan fingerprint density at radius 2 is 1.90 bits per heavy atom. The molecule has 2 aromatic carbocycles. The summed E-state index contributed by atoms with van der Waals surface area (Å²) in [6, 6.07) is 13.9. The van der Waals surface area contributed by atoms with E-state index in [1.165, 1.54) is 18.2 Å². The van der Waals surface area contributed by atoms with Crippen LogP contribution < -0.4 is 4.74 Å². The first-order chi connectivity index (χ1) is 10.2. The minimum absolute atomic E-state index is 0.0937. The van der Waals surface area contributed by atoms with E-state index in [0.717, 1.165) is 6.42 Å². The molecule has 0 bridgehead atoms. The molecule has 0 radical (unpaired) electrons. The zero-order valence-electron chi connectivity index (χ0n) is 12.7. The first kappa shape index (κ1) is 15.1. The topological polar surface area (TPSA) is 41.8 Å². The standard InChI is InChI=1S/C18H21NO2/c1-4-16(14-10-8-13(2)9-11-14)19-12-15-6-5-7-17(21-3)18(15)20/h5-12,16,20H,4H2,1-3H3/t16-/m1/s1. The number of hydrogen-bond acceptors (Lipinski definition) is 3. The van der Waals surface area contributed by atoms with E-state index in [1.807, 2.05) is 12.1 Å². The molecule has 0 spiro atoms. The third kappa shape index (κ3) is 3.63. The summed E-state index contributed by atoms with van der Waals surface area (Å²) in [7, 11) is 1.54. The van der Waals surface area contributed by atoms with E-state index in [4.69, 9.17) is 4.74 Å². The van der Waals surface area contributed by atoms with Gasteiger partial charge in [0.05, 0.1) is 13.2 Å². The number of methoxy groups -OCH3 is 1. The van der Waals surface area contributed by atoms with Gasteiger partial charge in [0.1, 0.15) is 0 Å². The van der Waals surface area contributed by atoms with Crippen LogP contribution in [-0.4, -0.2) is 18.4 Å². The van der Waals surface area contributed by atoms with Gasteiger partial charge < -0.3 is 9.84 Å². The number of ether oxygens (including phenoxy) is 1. The highest BCUT2D eigenvalue weighted by atomic mass is 16.5. The summed E-state index contributed by atoms with van der Waals surface area (Å²) in [6.07, 6.45) is 2.62. The Balaban J connectivity index is 2.24. The molecule has 21 heavy (non-hydrogen) atoms. The lowest BCUT2D eigenvalue weighted by Gasteiger charge is -2.11. The number of aryl methyl sites for hydroxylation is 1. The normalized spacial score (nSPS) is 12.5. The molecule has 1 N–H and O–H groups in total. The van der Waals surface area contributed by atoms with Crippen LogP contribution in [-0.2, 0) is 0 Å². The number of hydrogen-bond donors (Lipinski definition) is 1. The smallest absolute Gasteiger partial charge is 0.166 e. The van der Waals surface area contributed by atoms with Crippen molar-refractivity contribution in [2.45, 2.75) is 26.3 Å². The number of phenolic OH excluding ortho intramolecular Hbond substituents is 1. The van der Waals surface area contributed by atoms with Crippen LogP contribution in [0.1, 0.15) is 36.1 Å². The van der Waals surface area contributed by atoms with Crippen LogP contribution in [0.4, 0.5) is 0 Å². The summed E-state index contributed by atoms with van der Waals surface area (Å²) in [5.74, 6) is 0.588. The predicted octanol–water partition coefficient (Wildman–Crippen LogP) is 4.28. The second-order valence-corrected chi connectivity index (χ2v) is 5.01. The van der Waals surface area contributed by atoms with Gasteiger partial charge in [-0.1, -0.05) is 42.8 Å². The van der Waals surface area contributed by atoms with Gasteiger partial charge in [0.25, 0.3) is 0 Å². The van der Waals surface area contributed by atoms with E-state index < -0.39 is 0 Å². The number of aromatic hydroxyl groups is 1. The number of aliphatic imine (C=N–C) groups is 1. The van der Waals surface area contributed by atoms with E-state index in [-0.39, 0.29) is 11.8 Å². The van der Waals surface area contributed by atoms with Crippen molar-refractivity contribution in [3.63, 3.8) is 0 Å². The lowest BCUT2D eigenvalue weighted by atomic mass is 10.0. The Kier molecular flexibility index (Phi) is 4.99. The van der Waals surface area contributed by atoms with Gasteiger partial charge in [0, 0.05) is 11.8 Å². The molecule has 3 nitrogen and oxygen atoms in total. The van der Waals surface area contributed by atoms with Crippen LogP contribution in [0.15, 0.2) is 47.5 Å². The summed E-state index contributed by atoms with van der Waals surface area (Å²) < 4.78 is 5.10. The van der Waals surface area contributed by atoms with Gasteiger partial charge in [-0.25, -0.2) is 0 Å². The zero-order chi connectivity index (χ0) is 15.2. The fourth-order valence-electron chi connectivity index (χ4n) is 2.19. The summed E-state index contributed by atoms with van der Waals surface area (Å²) in [6.45, 7) is 4.18. The van der Waals surface area contributed by atoms with Crippen molar-refractivity contribution in [1.82, 2.24) is 0 Å². The van der Waals surface area contributed by atoms with Crippen LogP contribution in [0, 0.1) is 6.92 Å². The minimum Gasteiger partial charge on any atom is -0.504 e. The monoisotopic (exact) mass is 283 g/mol. The van der Waals surface area contributed by atoms with Crippen molar-refractivity contribution in [3.05, 3.63) is 59.2 Å². The largest absolute Gasteiger partial charge is 0.504 e. The molecular weight excluding hydrogens is 262 g/mol. The Bertz CT molecular complexity index is 618. The molecule has 3 heteroatoms. The molecule has 0 aliphatic rings. The van der Waals surface area contributed by atoms with E-state index >= 15 is 0 Å². The Hall–Kier alpha value is -2.29. The van der Waals surface area contributed by atoms with Crippen molar-refractivity contribution < 1.29 is 9.84 Å². The number of rotatable bonds is 5. The van der Waals surface area contributed by atoms with Crippen LogP contribution in [0.5, 0.6) is 11.5 Å². The molecule has 0 saturated carbocycles. The van der Waals surface area contributed by atoms with Gasteiger partial charge in [0.2, 0.25) is 0 Å². The third-order valence-corrected chi connectivity index (χ3v) is 3.49. The maximum atomic E-state index is 10.1. The van der Waals surface area contributed by atoms with Gasteiger partial charge in [-0.3, -0.25) is 4.99 Å². The van der Waals surface area contributed by atoms with Crippen molar-refractivity contribution in [2.24, 2.45) is 4.99 Å². The van der Waals surface area contributed by atoms with Gasteiger partial charge in [-0.05, 0) is 31.0 Å². The lowest BCUT2D eigenvalue weighted by molar-refractivity contribution is 0.373. The van der Waals surface area contributed by atoms with Crippen molar-refractivity contribution in [3.8, 4) is 11.5 Å². The lowest BCUT2D eigenvalue weighted by Crippen LogP contribution is -1.96. The quantitative estimate of drug-likeness (QED) is 0.832. The highest BCUT2D eigenvalue weighted by Gasteiger charge is 2.08. The van der Waals surface area contributed by atoms with E-state index in [0.29, 0.717) is 11.3 Å². The average molecular weight is 283 g/mol. The highest BCUT2D eigenvalue weighted by molar-refractivity contribution is 5.85. The maximum Gasteiger partial charge on any atom is 0.166 e. The molecule has 0 aliphatic carbocycles. The summed E-state index contributed by atoms with van der Waals surface area (Å²) in [5, 5.41) is 10.1.